The molecule has 0 heterocycles. The Morgan fingerprint density at radius 2 is 1.79 bits per heavy atom. The molecule has 0 aromatic rings. The third kappa shape index (κ3) is 5.41. The smallest absolute Gasteiger partial charge is 0.202 e. The number of thioether (sulfide) groups is 1. The average molecular weight is 552 g/mol. The van der Waals surface area contributed by atoms with Gasteiger partial charge in [0.1, 0.15) is 0 Å². The van der Waals surface area contributed by atoms with E-state index in [2.05, 4.69) is 49.7 Å². The van der Waals surface area contributed by atoms with Crippen LogP contribution in [0.2, 0.25) is 0 Å². The van der Waals surface area contributed by atoms with Gasteiger partial charge in [0.25, 0.3) is 0 Å². The summed E-state index contributed by atoms with van der Waals surface area (Å²) < 4.78 is 0. The first kappa shape index (κ1) is 27.3. The monoisotopic (exact) mass is 550 g/mol. The number of rotatable bonds is 10. The van der Waals surface area contributed by atoms with Gasteiger partial charge >= 0.3 is 0 Å². The van der Waals surface area contributed by atoms with Crippen LogP contribution in [0.15, 0.2) is 11.6 Å². The van der Waals surface area contributed by atoms with Crippen LogP contribution in [-0.2, 0) is 4.79 Å². The minimum Gasteiger partial charge on any atom is -0.286 e. The molecule has 0 spiro atoms. The third-order valence-corrected chi connectivity index (χ3v) is 13.7. The van der Waals surface area contributed by atoms with Crippen LogP contribution in [0.3, 0.4) is 0 Å². The third-order valence-electron chi connectivity index (χ3n) is 11.1. The number of fused-ring (bicyclic) bond motifs is 5. The number of hydrogen-bond acceptors (Lipinski definition) is 2. The predicted octanol–water partition coefficient (Wildman–Crippen LogP) is 10.1. The number of alkyl halides is 1. The number of allylic oxidation sites excluding steroid dienone is 2. The molecule has 4 aliphatic carbocycles. The lowest BCUT2D eigenvalue weighted by Crippen LogP contribution is -2.50. The summed E-state index contributed by atoms with van der Waals surface area (Å²) in [5, 5.41) is 0.846. The number of halogens is 1. The molecular formula is C31H51BrOS. The van der Waals surface area contributed by atoms with E-state index in [9.17, 15) is 4.79 Å². The molecule has 0 aromatic heterocycles. The van der Waals surface area contributed by atoms with Gasteiger partial charge in [0.15, 0.2) is 0 Å². The van der Waals surface area contributed by atoms with Crippen molar-refractivity contribution in [1.82, 2.24) is 0 Å². The molecule has 34 heavy (non-hydrogen) atoms. The molecule has 0 saturated heterocycles. The minimum absolute atomic E-state index is 0.0261. The van der Waals surface area contributed by atoms with Crippen molar-refractivity contribution < 1.29 is 4.79 Å². The Hall–Kier alpha value is 0.240. The topological polar surface area (TPSA) is 17.1 Å². The van der Waals surface area contributed by atoms with E-state index in [0.29, 0.717) is 21.2 Å². The number of carbonyl (C=O) groups excluding carboxylic acids is 1. The van der Waals surface area contributed by atoms with Gasteiger partial charge in [0, 0.05) is 5.25 Å². The summed E-state index contributed by atoms with van der Waals surface area (Å²) >= 11 is 5.21. The molecule has 0 aliphatic heterocycles. The van der Waals surface area contributed by atoms with Gasteiger partial charge in [-0.25, -0.2) is 0 Å². The molecule has 3 heteroatoms. The van der Waals surface area contributed by atoms with Crippen molar-refractivity contribution in [3.63, 3.8) is 0 Å². The van der Waals surface area contributed by atoms with Gasteiger partial charge in [0.05, 0.1) is 4.83 Å². The van der Waals surface area contributed by atoms with Crippen molar-refractivity contribution in [2.24, 2.45) is 34.5 Å². The van der Waals surface area contributed by atoms with E-state index in [1.54, 1.807) is 17.3 Å². The first-order valence-electron chi connectivity index (χ1n) is 14.9. The molecule has 0 amide bonds. The maximum Gasteiger partial charge on any atom is 0.202 e. The predicted molar refractivity (Wildman–Crippen MR) is 153 cm³/mol. The summed E-state index contributed by atoms with van der Waals surface area (Å²) in [6, 6.07) is 0. The first-order valence-corrected chi connectivity index (χ1v) is 16.7. The summed E-state index contributed by atoms with van der Waals surface area (Å²) in [4.78, 5) is 12.6. The average Bonchev–Trinajstić information content (AvgIpc) is 3.17. The highest BCUT2D eigenvalue weighted by molar-refractivity contribution is 9.10. The van der Waals surface area contributed by atoms with Gasteiger partial charge in [-0.2, -0.15) is 0 Å². The number of hydrogen-bond donors (Lipinski definition) is 0. The van der Waals surface area contributed by atoms with Crippen LogP contribution >= 0.6 is 27.7 Å². The minimum atomic E-state index is 0.0261. The van der Waals surface area contributed by atoms with Crippen molar-refractivity contribution in [2.45, 2.75) is 141 Å². The Kier molecular flexibility index (Phi) is 9.42. The van der Waals surface area contributed by atoms with Crippen LogP contribution in [0.5, 0.6) is 0 Å². The Labute approximate surface area is 223 Å². The van der Waals surface area contributed by atoms with Crippen LogP contribution < -0.4 is 0 Å². The van der Waals surface area contributed by atoms with Gasteiger partial charge in [-0.3, -0.25) is 4.79 Å². The number of carbonyl (C=O) groups is 1. The van der Waals surface area contributed by atoms with E-state index in [-0.39, 0.29) is 4.83 Å². The molecule has 3 fully saturated rings. The van der Waals surface area contributed by atoms with Gasteiger partial charge in [0.2, 0.25) is 5.12 Å². The van der Waals surface area contributed by atoms with Gasteiger partial charge in [-0.1, -0.05) is 106 Å². The van der Waals surface area contributed by atoms with Crippen molar-refractivity contribution in [3.8, 4) is 0 Å². The maximum atomic E-state index is 12.5. The lowest BCUT2D eigenvalue weighted by atomic mass is 9.47. The highest BCUT2D eigenvalue weighted by atomic mass is 79.9. The van der Waals surface area contributed by atoms with E-state index in [1.807, 2.05) is 0 Å². The molecule has 1 nitrogen and oxygen atoms in total. The standard InChI is InChI=1S/C31H51BrOS/c1-5-7-8-9-10-11-12-22-14-16-26-25-15-13-23-21-24(34-29(33)28(32)6-2)17-19-31(23,4)27(25)18-20-30(22,26)3/h13,22,24-28H,5-12,14-21H2,1-4H3. The fraction of sp³-hybridized carbons (Fsp3) is 0.903. The Balaban J connectivity index is 1.37. The largest absolute Gasteiger partial charge is 0.286 e. The lowest BCUT2D eigenvalue weighted by Gasteiger charge is -2.58. The van der Waals surface area contributed by atoms with Crippen molar-refractivity contribution in [3.05, 3.63) is 11.6 Å². The summed E-state index contributed by atoms with van der Waals surface area (Å²) in [7, 11) is 0. The molecule has 0 aromatic carbocycles. The molecule has 194 valence electrons. The maximum absolute atomic E-state index is 12.5. The molecule has 0 bridgehead atoms. The first-order chi connectivity index (χ1) is 16.3. The van der Waals surface area contributed by atoms with Crippen LogP contribution in [0.1, 0.15) is 130 Å². The quantitative estimate of drug-likeness (QED) is 0.153. The zero-order chi connectivity index (χ0) is 24.3. The molecule has 4 aliphatic rings. The van der Waals surface area contributed by atoms with E-state index in [0.717, 1.165) is 36.5 Å². The lowest BCUT2D eigenvalue weighted by molar-refractivity contribution is -0.110. The molecule has 8 atom stereocenters. The fourth-order valence-electron chi connectivity index (χ4n) is 8.89. The SMILES string of the molecule is CCCCCCCCC1CCC2C3CC=C4CC(SC(=O)C(Br)CC)CCC4(C)C3CCC12C. The molecule has 4 rings (SSSR count). The van der Waals surface area contributed by atoms with Crippen LogP contribution in [0, 0.1) is 34.5 Å². The Morgan fingerprint density at radius 1 is 1.03 bits per heavy atom. The summed E-state index contributed by atoms with van der Waals surface area (Å²) in [6.07, 6.45) is 24.6. The highest BCUT2D eigenvalue weighted by Gasteiger charge is 2.58. The summed E-state index contributed by atoms with van der Waals surface area (Å²) in [5.41, 5.74) is 2.73. The van der Waals surface area contributed by atoms with E-state index in [4.69, 9.17) is 0 Å². The van der Waals surface area contributed by atoms with Gasteiger partial charge < -0.3 is 0 Å². The summed E-state index contributed by atoms with van der Waals surface area (Å²) in [5.74, 6) is 3.74. The molecular weight excluding hydrogens is 500 g/mol. The zero-order valence-electron chi connectivity index (χ0n) is 22.5. The van der Waals surface area contributed by atoms with Crippen molar-refractivity contribution in [2.75, 3.05) is 0 Å². The molecule has 3 saturated carbocycles. The highest BCUT2D eigenvalue weighted by Crippen LogP contribution is 2.67. The van der Waals surface area contributed by atoms with E-state index in [1.165, 1.54) is 89.9 Å². The Bertz CT molecular complexity index is 733. The van der Waals surface area contributed by atoms with E-state index < -0.39 is 0 Å². The Morgan fingerprint density at radius 3 is 2.56 bits per heavy atom. The van der Waals surface area contributed by atoms with Gasteiger partial charge in [-0.15, -0.1) is 0 Å². The molecule has 0 radical (unpaired) electrons. The van der Waals surface area contributed by atoms with Crippen LogP contribution in [0.25, 0.3) is 0 Å². The normalized spacial score (nSPS) is 40.1. The molecule has 0 N–H and O–H groups in total. The second kappa shape index (κ2) is 11.7. The van der Waals surface area contributed by atoms with Crippen LogP contribution in [0.4, 0.5) is 0 Å². The fourth-order valence-corrected chi connectivity index (χ4v) is 10.4. The number of unbranched alkanes of at least 4 members (excludes halogenated alkanes) is 5. The van der Waals surface area contributed by atoms with Crippen molar-refractivity contribution in [1.29, 1.82) is 0 Å². The molecule has 8 unspecified atom stereocenters. The van der Waals surface area contributed by atoms with Gasteiger partial charge in [-0.05, 0) is 98.7 Å². The van der Waals surface area contributed by atoms with E-state index >= 15 is 0 Å². The zero-order valence-corrected chi connectivity index (χ0v) is 25.0. The second-order valence-electron chi connectivity index (χ2n) is 12.8. The van der Waals surface area contributed by atoms with Crippen molar-refractivity contribution >= 4 is 32.8 Å². The second-order valence-corrected chi connectivity index (χ2v) is 15.2. The summed E-state index contributed by atoms with van der Waals surface area (Å²) in [6.45, 7) is 9.73. The van der Waals surface area contributed by atoms with Crippen LogP contribution in [-0.4, -0.2) is 15.2 Å².